The number of fused-ring (bicyclic) bond motifs is 1. The number of aromatic nitrogens is 2. The van der Waals surface area contributed by atoms with E-state index in [0.717, 1.165) is 47.7 Å². The van der Waals surface area contributed by atoms with Gasteiger partial charge in [0.05, 0.1) is 23.5 Å². The van der Waals surface area contributed by atoms with Crippen LogP contribution in [0.4, 0.5) is 11.8 Å². The van der Waals surface area contributed by atoms with Crippen LogP contribution in [0, 0.1) is 6.92 Å². The Bertz CT molecular complexity index is 1160. The van der Waals surface area contributed by atoms with E-state index in [2.05, 4.69) is 20.6 Å². The molecule has 0 saturated heterocycles. The molecule has 0 aliphatic heterocycles. The van der Waals surface area contributed by atoms with Crippen molar-refractivity contribution in [2.75, 3.05) is 10.6 Å². The van der Waals surface area contributed by atoms with E-state index in [1.807, 2.05) is 62.4 Å². The van der Waals surface area contributed by atoms with Gasteiger partial charge in [-0.3, -0.25) is 10.1 Å². The van der Waals surface area contributed by atoms with Crippen molar-refractivity contribution in [2.24, 2.45) is 16.5 Å². The Balaban J connectivity index is 1.65. The summed E-state index contributed by atoms with van der Waals surface area (Å²) in [5.41, 5.74) is 14.1. The highest BCUT2D eigenvalue weighted by Crippen LogP contribution is 2.29. The molecule has 8 nitrogen and oxygen atoms in total. The van der Waals surface area contributed by atoms with Gasteiger partial charge in [-0.15, -0.1) is 0 Å². The van der Waals surface area contributed by atoms with Crippen molar-refractivity contribution in [2.45, 2.75) is 57.5 Å². The largest absolute Gasteiger partial charge is 0.370 e. The summed E-state index contributed by atoms with van der Waals surface area (Å²) in [4.78, 5) is 26.7. The third-order valence-corrected chi connectivity index (χ3v) is 6.15. The molecule has 1 heterocycles. The summed E-state index contributed by atoms with van der Waals surface area (Å²) >= 11 is 0. The number of aliphatic imine (C=N–C) groups is 1. The molecule has 172 valence electrons. The SMILES string of the molecule is Cc1ccc2nc(NC(=O)C(C)c3ccccc3)nc(NC3CCCCC3N=C(N)N)c2c1. The van der Waals surface area contributed by atoms with E-state index in [4.69, 9.17) is 16.5 Å². The molecule has 1 aliphatic rings. The van der Waals surface area contributed by atoms with Crippen molar-refractivity contribution < 1.29 is 4.79 Å². The van der Waals surface area contributed by atoms with Crippen LogP contribution in [0.2, 0.25) is 0 Å². The molecule has 0 radical (unpaired) electrons. The van der Waals surface area contributed by atoms with Crippen molar-refractivity contribution >= 4 is 34.5 Å². The van der Waals surface area contributed by atoms with Crippen LogP contribution >= 0.6 is 0 Å². The van der Waals surface area contributed by atoms with Gasteiger partial charge in [0.2, 0.25) is 11.9 Å². The number of aryl methyl sites for hydroxylation is 1. The fourth-order valence-electron chi connectivity index (χ4n) is 4.32. The summed E-state index contributed by atoms with van der Waals surface area (Å²) in [6.45, 7) is 3.90. The maximum Gasteiger partial charge on any atom is 0.233 e. The van der Waals surface area contributed by atoms with E-state index in [0.29, 0.717) is 5.82 Å². The van der Waals surface area contributed by atoms with Crippen molar-refractivity contribution in [3.63, 3.8) is 0 Å². The Labute approximate surface area is 193 Å². The average Bonchev–Trinajstić information content (AvgIpc) is 2.80. The van der Waals surface area contributed by atoms with E-state index in [1.54, 1.807) is 0 Å². The number of carbonyl (C=O) groups is 1. The zero-order chi connectivity index (χ0) is 23.4. The quantitative estimate of drug-likeness (QED) is 0.338. The van der Waals surface area contributed by atoms with Crippen LogP contribution in [0.5, 0.6) is 0 Å². The van der Waals surface area contributed by atoms with Gasteiger partial charge in [0.25, 0.3) is 0 Å². The maximum atomic E-state index is 12.9. The molecule has 3 atom stereocenters. The number of rotatable bonds is 6. The van der Waals surface area contributed by atoms with E-state index in [-0.39, 0.29) is 35.8 Å². The number of nitrogens with zero attached hydrogens (tertiary/aromatic N) is 3. The van der Waals surface area contributed by atoms with E-state index in [9.17, 15) is 4.79 Å². The van der Waals surface area contributed by atoms with Crippen molar-refractivity contribution in [3.05, 3.63) is 59.7 Å². The zero-order valence-electron chi connectivity index (χ0n) is 19.1. The third-order valence-electron chi connectivity index (χ3n) is 6.15. The lowest BCUT2D eigenvalue weighted by Gasteiger charge is -2.30. The van der Waals surface area contributed by atoms with E-state index in [1.165, 1.54) is 0 Å². The number of amides is 1. The molecule has 8 heteroatoms. The maximum absolute atomic E-state index is 12.9. The second kappa shape index (κ2) is 9.85. The molecule has 3 unspecified atom stereocenters. The number of nitrogens with one attached hydrogen (secondary N) is 2. The Kier molecular flexibility index (Phi) is 6.72. The minimum Gasteiger partial charge on any atom is -0.370 e. The standard InChI is InChI=1S/C25H31N7O/c1-15-12-13-19-18(14-15)22(28-20-10-6-7-11-21(20)29-24(26)27)31-25(30-19)32-23(33)16(2)17-8-4-3-5-9-17/h3-5,8-9,12-14,16,20-21H,6-7,10-11H2,1-2H3,(H4,26,27,29)(H2,28,30,31,32,33). The highest BCUT2D eigenvalue weighted by Gasteiger charge is 2.26. The number of nitrogens with two attached hydrogens (primary N) is 2. The van der Waals surface area contributed by atoms with E-state index < -0.39 is 0 Å². The highest BCUT2D eigenvalue weighted by molar-refractivity contribution is 5.96. The number of anilines is 2. The lowest BCUT2D eigenvalue weighted by atomic mass is 9.90. The molecule has 6 N–H and O–H groups in total. The normalized spacial score (nSPS) is 19.0. The number of carbonyl (C=O) groups excluding carboxylic acids is 1. The Hall–Kier alpha value is -3.68. The van der Waals surface area contributed by atoms with Crippen LogP contribution in [-0.4, -0.2) is 33.9 Å². The number of hydrogen-bond acceptors (Lipinski definition) is 5. The van der Waals surface area contributed by atoms with Crippen molar-refractivity contribution in [1.29, 1.82) is 0 Å². The predicted octanol–water partition coefficient (Wildman–Crippen LogP) is 3.68. The molecular formula is C25H31N7O. The first-order chi connectivity index (χ1) is 15.9. The van der Waals surface area contributed by atoms with Gasteiger partial charge < -0.3 is 16.8 Å². The average molecular weight is 446 g/mol. The van der Waals surface area contributed by atoms with Crippen LogP contribution < -0.4 is 22.1 Å². The second-order valence-electron chi connectivity index (χ2n) is 8.69. The summed E-state index contributed by atoms with van der Waals surface area (Å²) in [5, 5.41) is 7.36. The van der Waals surface area contributed by atoms with Crippen LogP contribution in [0.25, 0.3) is 10.9 Å². The van der Waals surface area contributed by atoms with Gasteiger partial charge in [0, 0.05) is 5.39 Å². The van der Waals surface area contributed by atoms with Gasteiger partial charge in [-0.25, -0.2) is 9.98 Å². The van der Waals surface area contributed by atoms with Gasteiger partial charge in [-0.2, -0.15) is 4.98 Å². The third kappa shape index (κ3) is 5.39. The highest BCUT2D eigenvalue weighted by atomic mass is 16.2. The smallest absolute Gasteiger partial charge is 0.233 e. The molecule has 1 fully saturated rings. The Morgan fingerprint density at radius 1 is 1.09 bits per heavy atom. The molecule has 1 amide bonds. The molecule has 2 aromatic carbocycles. The van der Waals surface area contributed by atoms with Crippen LogP contribution in [0.1, 0.15) is 49.7 Å². The van der Waals surface area contributed by atoms with Gasteiger partial charge in [0.15, 0.2) is 5.96 Å². The summed E-state index contributed by atoms with van der Waals surface area (Å²) in [7, 11) is 0. The summed E-state index contributed by atoms with van der Waals surface area (Å²) in [5.74, 6) is 0.559. The van der Waals surface area contributed by atoms with Gasteiger partial charge in [0.1, 0.15) is 5.82 Å². The van der Waals surface area contributed by atoms with Crippen molar-refractivity contribution in [1.82, 2.24) is 9.97 Å². The molecule has 1 aliphatic carbocycles. The summed E-state index contributed by atoms with van der Waals surface area (Å²) in [6.07, 6.45) is 4.03. The molecule has 0 spiro atoms. The number of guanidine groups is 1. The number of benzene rings is 2. The lowest BCUT2D eigenvalue weighted by Crippen LogP contribution is -2.38. The summed E-state index contributed by atoms with van der Waals surface area (Å²) < 4.78 is 0. The van der Waals surface area contributed by atoms with Gasteiger partial charge in [-0.1, -0.05) is 54.8 Å². The minimum atomic E-state index is -0.329. The van der Waals surface area contributed by atoms with Crippen LogP contribution in [0.3, 0.4) is 0 Å². The lowest BCUT2D eigenvalue weighted by molar-refractivity contribution is -0.117. The minimum absolute atomic E-state index is 0.0188. The second-order valence-corrected chi connectivity index (χ2v) is 8.69. The van der Waals surface area contributed by atoms with E-state index >= 15 is 0 Å². The van der Waals surface area contributed by atoms with Crippen LogP contribution in [0.15, 0.2) is 53.5 Å². The topological polar surface area (TPSA) is 131 Å². The molecule has 1 saturated carbocycles. The van der Waals surface area contributed by atoms with Gasteiger partial charge >= 0.3 is 0 Å². The fourth-order valence-corrected chi connectivity index (χ4v) is 4.32. The summed E-state index contributed by atoms with van der Waals surface area (Å²) in [6, 6.07) is 15.7. The molecule has 33 heavy (non-hydrogen) atoms. The monoisotopic (exact) mass is 445 g/mol. The first kappa shape index (κ1) is 22.5. The zero-order valence-corrected chi connectivity index (χ0v) is 19.1. The molecule has 0 bridgehead atoms. The Morgan fingerprint density at radius 3 is 2.61 bits per heavy atom. The molecular weight excluding hydrogens is 414 g/mol. The van der Waals surface area contributed by atoms with Crippen molar-refractivity contribution in [3.8, 4) is 0 Å². The Morgan fingerprint density at radius 2 is 1.85 bits per heavy atom. The van der Waals surface area contributed by atoms with Gasteiger partial charge in [-0.05, 0) is 44.4 Å². The molecule has 4 rings (SSSR count). The predicted molar refractivity (Wildman–Crippen MR) is 133 cm³/mol. The molecule has 1 aromatic heterocycles. The van der Waals surface area contributed by atoms with Crippen LogP contribution in [-0.2, 0) is 4.79 Å². The first-order valence-electron chi connectivity index (χ1n) is 11.4. The number of hydrogen-bond donors (Lipinski definition) is 4. The molecule has 3 aromatic rings. The first-order valence-corrected chi connectivity index (χ1v) is 11.4. The fraction of sp³-hybridized carbons (Fsp3) is 0.360.